The first-order valence-corrected chi connectivity index (χ1v) is 6.93. The molecule has 0 amide bonds. The second kappa shape index (κ2) is 5.99. The quantitative estimate of drug-likeness (QED) is 0.854. The maximum Gasteiger partial charge on any atom is 0.0510 e. The van der Waals surface area contributed by atoms with Crippen LogP contribution in [0.4, 0.5) is 0 Å². The molecule has 1 aromatic carbocycles. The summed E-state index contributed by atoms with van der Waals surface area (Å²) >= 11 is 1.72. The molecule has 1 unspecified atom stereocenters. The molecule has 0 saturated heterocycles. The Morgan fingerprint density at radius 2 is 1.82 bits per heavy atom. The van der Waals surface area contributed by atoms with Gasteiger partial charge in [0.25, 0.3) is 0 Å². The van der Waals surface area contributed by atoms with Crippen LogP contribution >= 0.6 is 11.3 Å². The van der Waals surface area contributed by atoms with Crippen LogP contribution in [0, 0.1) is 0 Å². The lowest BCUT2D eigenvalue weighted by Crippen LogP contribution is -2.06. The SMILES string of the molecule is CCc1ccc(CC(CO)c2cccs2)cc1. The molecule has 0 saturated carbocycles. The second-order valence-electron chi connectivity index (χ2n) is 4.27. The van der Waals surface area contributed by atoms with Gasteiger partial charge in [-0.15, -0.1) is 11.3 Å². The smallest absolute Gasteiger partial charge is 0.0510 e. The van der Waals surface area contributed by atoms with E-state index in [9.17, 15) is 5.11 Å². The number of hydrogen-bond acceptors (Lipinski definition) is 2. The highest BCUT2D eigenvalue weighted by molar-refractivity contribution is 7.10. The molecule has 0 bridgehead atoms. The van der Waals surface area contributed by atoms with Gasteiger partial charge in [0.05, 0.1) is 6.61 Å². The molecule has 2 heteroatoms. The largest absolute Gasteiger partial charge is 0.396 e. The standard InChI is InChI=1S/C15H18OS/c1-2-12-5-7-13(8-6-12)10-14(11-16)15-4-3-9-17-15/h3-9,14,16H,2,10-11H2,1H3. The third-order valence-corrected chi connectivity index (χ3v) is 4.11. The van der Waals surface area contributed by atoms with E-state index in [1.807, 2.05) is 6.07 Å². The Balaban J connectivity index is 2.07. The van der Waals surface area contributed by atoms with Gasteiger partial charge in [-0.1, -0.05) is 37.3 Å². The summed E-state index contributed by atoms with van der Waals surface area (Å²) in [5, 5.41) is 11.5. The molecule has 0 aliphatic rings. The van der Waals surface area contributed by atoms with Crippen LogP contribution in [-0.2, 0) is 12.8 Å². The Hall–Kier alpha value is -1.12. The highest BCUT2D eigenvalue weighted by atomic mass is 32.1. The average Bonchev–Trinajstić information content (AvgIpc) is 2.90. The molecule has 17 heavy (non-hydrogen) atoms. The van der Waals surface area contributed by atoms with Crippen LogP contribution in [0.3, 0.4) is 0 Å². The third-order valence-electron chi connectivity index (χ3n) is 3.08. The maximum atomic E-state index is 9.47. The maximum absolute atomic E-state index is 9.47. The van der Waals surface area contributed by atoms with Gasteiger partial charge in [0.1, 0.15) is 0 Å². The van der Waals surface area contributed by atoms with Crippen molar-refractivity contribution < 1.29 is 5.11 Å². The Bertz CT molecular complexity index is 430. The molecule has 0 spiro atoms. The molecular weight excluding hydrogens is 228 g/mol. The van der Waals surface area contributed by atoms with E-state index in [1.165, 1.54) is 16.0 Å². The summed E-state index contributed by atoms with van der Waals surface area (Å²) < 4.78 is 0. The van der Waals surface area contributed by atoms with Crippen molar-refractivity contribution in [1.82, 2.24) is 0 Å². The topological polar surface area (TPSA) is 20.2 Å². The Morgan fingerprint density at radius 3 is 2.35 bits per heavy atom. The molecule has 1 aromatic heterocycles. The lowest BCUT2D eigenvalue weighted by Gasteiger charge is -2.12. The van der Waals surface area contributed by atoms with Crippen LogP contribution in [0.5, 0.6) is 0 Å². The van der Waals surface area contributed by atoms with E-state index in [2.05, 4.69) is 42.6 Å². The van der Waals surface area contributed by atoms with E-state index >= 15 is 0 Å². The molecule has 0 aliphatic heterocycles. The Labute approximate surface area is 107 Å². The summed E-state index contributed by atoms with van der Waals surface area (Å²) in [6.07, 6.45) is 2.00. The summed E-state index contributed by atoms with van der Waals surface area (Å²) in [5.41, 5.74) is 2.67. The van der Waals surface area contributed by atoms with Crippen LogP contribution in [-0.4, -0.2) is 11.7 Å². The fraction of sp³-hybridized carbons (Fsp3) is 0.333. The van der Waals surface area contributed by atoms with Crippen molar-refractivity contribution >= 4 is 11.3 Å². The summed E-state index contributed by atoms with van der Waals surface area (Å²) in [7, 11) is 0. The number of aliphatic hydroxyl groups excluding tert-OH is 1. The average molecular weight is 246 g/mol. The molecular formula is C15H18OS. The van der Waals surface area contributed by atoms with Crippen LogP contribution in [0.15, 0.2) is 41.8 Å². The summed E-state index contributed by atoms with van der Waals surface area (Å²) in [6, 6.07) is 12.9. The number of rotatable bonds is 5. The van der Waals surface area contributed by atoms with Crippen LogP contribution < -0.4 is 0 Å². The predicted octanol–water partition coefficient (Wildman–Crippen LogP) is 3.63. The normalized spacial score (nSPS) is 12.6. The fourth-order valence-electron chi connectivity index (χ4n) is 1.97. The first-order valence-electron chi connectivity index (χ1n) is 6.05. The van der Waals surface area contributed by atoms with Crippen molar-refractivity contribution in [2.24, 2.45) is 0 Å². The highest BCUT2D eigenvalue weighted by Crippen LogP contribution is 2.24. The molecule has 0 radical (unpaired) electrons. The zero-order valence-electron chi connectivity index (χ0n) is 10.1. The van der Waals surface area contributed by atoms with Crippen LogP contribution in [0.25, 0.3) is 0 Å². The minimum atomic E-state index is 0.218. The minimum absolute atomic E-state index is 0.218. The zero-order valence-corrected chi connectivity index (χ0v) is 10.9. The second-order valence-corrected chi connectivity index (χ2v) is 5.25. The summed E-state index contributed by atoms with van der Waals surface area (Å²) in [5.74, 6) is 0.238. The first-order chi connectivity index (χ1) is 8.33. The van der Waals surface area contributed by atoms with Crippen molar-refractivity contribution in [3.63, 3.8) is 0 Å². The van der Waals surface area contributed by atoms with E-state index in [4.69, 9.17) is 0 Å². The van der Waals surface area contributed by atoms with Crippen LogP contribution in [0.1, 0.15) is 28.8 Å². The molecule has 1 atom stereocenters. The molecule has 1 N–H and O–H groups in total. The van der Waals surface area contributed by atoms with E-state index < -0.39 is 0 Å². The van der Waals surface area contributed by atoms with Crippen molar-refractivity contribution in [3.8, 4) is 0 Å². The summed E-state index contributed by atoms with van der Waals surface area (Å²) in [6.45, 7) is 2.38. The van der Waals surface area contributed by atoms with Gasteiger partial charge in [0.15, 0.2) is 0 Å². The van der Waals surface area contributed by atoms with Crippen molar-refractivity contribution in [1.29, 1.82) is 0 Å². The van der Waals surface area contributed by atoms with Crippen LogP contribution in [0.2, 0.25) is 0 Å². The monoisotopic (exact) mass is 246 g/mol. The zero-order chi connectivity index (χ0) is 12.1. The highest BCUT2D eigenvalue weighted by Gasteiger charge is 2.12. The fourth-order valence-corrected chi connectivity index (χ4v) is 2.80. The van der Waals surface area contributed by atoms with Gasteiger partial charge in [-0.3, -0.25) is 0 Å². The molecule has 0 aliphatic carbocycles. The van der Waals surface area contributed by atoms with E-state index in [0.29, 0.717) is 0 Å². The van der Waals surface area contributed by atoms with Crippen molar-refractivity contribution in [2.75, 3.05) is 6.61 Å². The van der Waals surface area contributed by atoms with E-state index in [1.54, 1.807) is 11.3 Å². The molecule has 2 aromatic rings. The van der Waals surface area contributed by atoms with Gasteiger partial charge in [0, 0.05) is 10.8 Å². The lowest BCUT2D eigenvalue weighted by atomic mass is 9.97. The number of benzene rings is 1. The van der Waals surface area contributed by atoms with E-state index in [0.717, 1.165) is 12.8 Å². The van der Waals surface area contributed by atoms with Gasteiger partial charge >= 0.3 is 0 Å². The van der Waals surface area contributed by atoms with Crippen molar-refractivity contribution in [3.05, 3.63) is 57.8 Å². The molecule has 1 nitrogen and oxygen atoms in total. The van der Waals surface area contributed by atoms with E-state index in [-0.39, 0.29) is 12.5 Å². The first kappa shape index (κ1) is 12.3. The predicted molar refractivity (Wildman–Crippen MR) is 73.7 cm³/mol. The third kappa shape index (κ3) is 3.18. The van der Waals surface area contributed by atoms with Gasteiger partial charge in [-0.2, -0.15) is 0 Å². The minimum Gasteiger partial charge on any atom is -0.396 e. The summed E-state index contributed by atoms with van der Waals surface area (Å²) in [4.78, 5) is 1.27. The van der Waals surface area contributed by atoms with Gasteiger partial charge in [0.2, 0.25) is 0 Å². The number of aliphatic hydroxyl groups is 1. The van der Waals surface area contributed by atoms with Gasteiger partial charge in [-0.25, -0.2) is 0 Å². The Morgan fingerprint density at radius 1 is 1.12 bits per heavy atom. The number of hydrogen-bond donors (Lipinski definition) is 1. The van der Waals surface area contributed by atoms with Gasteiger partial charge in [-0.05, 0) is 35.4 Å². The molecule has 0 fully saturated rings. The number of aryl methyl sites for hydroxylation is 1. The number of thiophene rings is 1. The van der Waals surface area contributed by atoms with Gasteiger partial charge < -0.3 is 5.11 Å². The molecule has 90 valence electrons. The molecule has 1 heterocycles. The lowest BCUT2D eigenvalue weighted by molar-refractivity contribution is 0.266. The molecule has 2 rings (SSSR count). The van der Waals surface area contributed by atoms with Crippen molar-refractivity contribution in [2.45, 2.75) is 25.7 Å². The Kier molecular flexibility index (Phi) is 4.35.